The standard InChI is InChI=1S/C22H26ClFN3O9P/c1-3-4-12-33-18(29)13(2)26-37(32,35-14-8-6-5-7-9-14)36-17-16-21(17,31)22(23,24)19(34-16)27-11-10-15(28)25-20(27)30/h5-11,13,16-17,19,31H,3-4,12H2,1-2H3,(H,26,32)(H,25,28,30)/t13-,16+,17?,19+,21-,22-,37?/m0/s1. The Morgan fingerprint density at radius 2 is 2.05 bits per heavy atom. The number of rotatable bonds is 11. The van der Waals surface area contributed by atoms with Crippen LogP contribution in [-0.4, -0.2) is 56.2 Å². The third-order valence-electron chi connectivity index (χ3n) is 5.93. The number of aromatic amines is 1. The molecule has 2 heterocycles. The minimum atomic E-state index is -4.48. The summed E-state index contributed by atoms with van der Waals surface area (Å²) in [6, 6.07) is 7.61. The summed E-state index contributed by atoms with van der Waals surface area (Å²) in [6.45, 7) is 3.45. The van der Waals surface area contributed by atoms with E-state index in [4.69, 9.17) is 30.1 Å². The molecule has 15 heteroatoms. The number of para-hydroxylation sites is 1. The molecule has 3 N–H and O–H groups in total. The third kappa shape index (κ3) is 5.25. The first-order valence-corrected chi connectivity index (χ1v) is 13.4. The monoisotopic (exact) mass is 561 g/mol. The van der Waals surface area contributed by atoms with Gasteiger partial charge in [0.2, 0.25) is 0 Å². The van der Waals surface area contributed by atoms with Crippen molar-refractivity contribution in [3.63, 3.8) is 0 Å². The SMILES string of the molecule is CCCCOC(=O)[C@H](C)NP(=O)(Oc1ccccc1)OC1[C@H]2O[C@@H](n3ccc(=O)[nH]c3=O)[C@@](F)(Cl)[C@@]12O. The van der Waals surface area contributed by atoms with Crippen LogP contribution in [0.4, 0.5) is 4.39 Å². The molecule has 1 aromatic heterocycles. The molecule has 1 aliphatic carbocycles. The van der Waals surface area contributed by atoms with E-state index in [2.05, 4.69) is 5.09 Å². The molecule has 7 atom stereocenters. The number of H-pyrrole nitrogens is 1. The molecule has 0 radical (unpaired) electrons. The van der Waals surface area contributed by atoms with Crippen LogP contribution in [0.1, 0.15) is 32.9 Å². The van der Waals surface area contributed by atoms with E-state index in [1.807, 2.05) is 11.9 Å². The first kappa shape index (κ1) is 27.5. The summed E-state index contributed by atoms with van der Waals surface area (Å²) in [7, 11) is -4.48. The predicted octanol–water partition coefficient (Wildman–Crippen LogP) is 1.98. The molecule has 12 nitrogen and oxygen atoms in total. The quantitative estimate of drug-likeness (QED) is 0.160. The molecule has 2 aliphatic rings. The van der Waals surface area contributed by atoms with Gasteiger partial charge in [-0.25, -0.2) is 13.8 Å². The normalized spacial score (nSPS) is 30.7. The van der Waals surface area contributed by atoms with Crippen LogP contribution in [0.25, 0.3) is 0 Å². The third-order valence-corrected chi connectivity index (χ3v) is 8.07. The highest BCUT2D eigenvalue weighted by Crippen LogP contribution is 2.67. The lowest BCUT2D eigenvalue weighted by atomic mass is 10.1. The van der Waals surface area contributed by atoms with Gasteiger partial charge < -0.3 is 19.1 Å². The zero-order valence-electron chi connectivity index (χ0n) is 19.8. The Morgan fingerprint density at radius 1 is 1.35 bits per heavy atom. The number of nitrogens with zero attached hydrogens (tertiary/aromatic N) is 1. The van der Waals surface area contributed by atoms with E-state index in [1.165, 1.54) is 19.1 Å². The van der Waals surface area contributed by atoms with Gasteiger partial charge in [-0.2, -0.15) is 5.09 Å². The van der Waals surface area contributed by atoms with Gasteiger partial charge in [0.15, 0.2) is 11.8 Å². The highest BCUT2D eigenvalue weighted by Gasteiger charge is 2.87. The summed E-state index contributed by atoms with van der Waals surface area (Å²) >= 11 is 6.03. The van der Waals surface area contributed by atoms with Crippen molar-refractivity contribution in [3.05, 3.63) is 63.4 Å². The summed E-state index contributed by atoms with van der Waals surface area (Å²) in [5.74, 6) is -0.631. The Morgan fingerprint density at radius 3 is 2.65 bits per heavy atom. The number of aromatic nitrogens is 2. The maximum atomic E-state index is 15.7. The van der Waals surface area contributed by atoms with Crippen molar-refractivity contribution < 1.29 is 37.4 Å². The van der Waals surface area contributed by atoms with Crippen molar-refractivity contribution in [2.45, 2.75) is 61.9 Å². The molecule has 2 aromatic rings. The minimum Gasteiger partial charge on any atom is -0.465 e. The van der Waals surface area contributed by atoms with Gasteiger partial charge in [0.1, 0.15) is 24.0 Å². The molecule has 0 bridgehead atoms. The van der Waals surface area contributed by atoms with Gasteiger partial charge in [-0.3, -0.25) is 23.7 Å². The molecule has 202 valence electrons. The van der Waals surface area contributed by atoms with E-state index in [0.717, 1.165) is 18.7 Å². The molecule has 1 saturated heterocycles. The fourth-order valence-electron chi connectivity index (χ4n) is 3.86. The lowest BCUT2D eigenvalue weighted by Crippen LogP contribution is -2.46. The van der Waals surface area contributed by atoms with Crippen LogP contribution < -0.4 is 20.9 Å². The fraction of sp³-hybridized carbons (Fsp3) is 0.500. The van der Waals surface area contributed by atoms with Crippen LogP contribution >= 0.6 is 19.3 Å². The van der Waals surface area contributed by atoms with Gasteiger partial charge in [0.25, 0.3) is 10.7 Å². The maximum absolute atomic E-state index is 15.7. The Kier molecular flexibility index (Phi) is 7.67. The second-order valence-corrected chi connectivity index (χ2v) is 10.9. The summed E-state index contributed by atoms with van der Waals surface area (Å²) in [5.41, 5.74) is -4.29. The first-order valence-electron chi connectivity index (χ1n) is 11.5. The van der Waals surface area contributed by atoms with Crippen LogP contribution in [0.5, 0.6) is 5.75 Å². The Balaban J connectivity index is 1.54. The molecule has 2 unspecified atom stereocenters. The topological polar surface area (TPSA) is 158 Å². The first-order chi connectivity index (χ1) is 17.4. The van der Waals surface area contributed by atoms with E-state index in [-0.39, 0.29) is 12.4 Å². The molecule has 1 aromatic carbocycles. The van der Waals surface area contributed by atoms with Crippen molar-refractivity contribution in [2.75, 3.05) is 6.61 Å². The van der Waals surface area contributed by atoms with Gasteiger partial charge in [-0.1, -0.05) is 43.1 Å². The second kappa shape index (κ2) is 10.3. The van der Waals surface area contributed by atoms with Gasteiger partial charge in [-0.15, -0.1) is 0 Å². The molecule has 37 heavy (non-hydrogen) atoms. The smallest absolute Gasteiger partial charge is 0.459 e. The van der Waals surface area contributed by atoms with E-state index >= 15 is 4.39 Å². The number of carbonyl (C=O) groups is 1. The number of aliphatic hydroxyl groups is 1. The number of halogens is 2. The number of alkyl halides is 2. The average molecular weight is 562 g/mol. The van der Waals surface area contributed by atoms with Gasteiger partial charge in [0, 0.05) is 12.3 Å². The highest BCUT2D eigenvalue weighted by molar-refractivity contribution is 7.52. The number of hydrogen-bond acceptors (Lipinski definition) is 9. The average Bonchev–Trinajstić information content (AvgIpc) is 3.32. The van der Waals surface area contributed by atoms with Crippen molar-refractivity contribution in [2.24, 2.45) is 0 Å². The summed E-state index contributed by atoms with van der Waals surface area (Å²) in [4.78, 5) is 37.7. The Labute approximate surface area is 215 Å². The summed E-state index contributed by atoms with van der Waals surface area (Å²) in [6.07, 6.45) is -2.50. The summed E-state index contributed by atoms with van der Waals surface area (Å²) < 4.78 is 51.7. The lowest BCUT2D eigenvalue weighted by Gasteiger charge is -2.30. The van der Waals surface area contributed by atoms with Crippen LogP contribution in [0, 0.1) is 0 Å². The minimum absolute atomic E-state index is 0.0960. The molecule has 4 rings (SSSR count). The second-order valence-electron chi connectivity index (χ2n) is 8.67. The van der Waals surface area contributed by atoms with E-state index < -0.39 is 60.2 Å². The fourth-order valence-corrected chi connectivity index (χ4v) is 5.94. The van der Waals surface area contributed by atoms with Crippen molar-refractivity contribution in [1.82, 2.24) is 14.6 Å². The molecular formula is C22H26ClFN3O9P. The molecule has 1 aliphatic heterocycles. The molecular weight excluding hydrogens is 536 g/mol. The molecule has 2 fully saturated rings. The van der Waals surface area contributed by atoms with Crippen LogP contribution in [-0.2, 0) is 23.4 Å². The number of hydrogen-bond donors (Lipinski definition) is 3. The number of ether oxygens (including phenoxy) is 2. The number of fused-ring (bicyclic) bond motifs is 1. The number of benzene rings is 1. The number of esters is 1. The largest absolute Gasteiger partial charge is 0.465 e. The van der Waals surface area contributed by atoms with E-state index in [1.54, 1.807) is 18.2 Å². The predicted molar refractivity (Wildman–Crippen MR) is 128 cm³/mol. The van der Waals surface area contributed by atoms with Gasteiger partial charge in [0.05, 0.1) is 6.61 Å². The molecule has 0 amide bonds. The van der Waals surface area contributed by atoms with E-state index in [9.17, 15) is 24.1 Å². The molecule has 0 spiro atoms. The Bertz CT molecular complexity index is 1310. The van der Waals surface area contributed by atoms with Crippen molar-refractivity contribution in [3.8, 4) is 5.75 Å². The van der Waals surface area contributed by atoms with Crippen LogP contribution in [0.3, 0.4) is 0 Å². The lowest BCUT2D eigenvalue weighted by molar-refractivity contribution is -0.145. The number of nitrogens with one attached hydrogen (secondary N) is 2. The van der Waals surface area contributed by atoms with Crippen LogP contribution in [0.15, 0.2) is 52.2 Å². The molecule has 1 saturated carbocycles. The van der Waals surface area contributed by atoms with Gasteiger partial charge >= 0.3 is 19.4 Å². The van der Waals surface area contributed by atoms with Gasteiger partial charge in [-0.05, 0) is 25.5 Å². The van der Waals surface area contributed by atoms with Crippen molar-refractivity contribution >= 4 is 25.3 Å². The zero-order chi connectivity index (χ0) is 27.0. The highest BCUT2D eigenvalue weighted by atomic mass is 35.5. The van der Waals surface area contributed by atoms with Crippen molar-refractivity contribution in [1.29, 1.82) is 0 Å². The van der Waals surface area contributed by atoms with E-state index in [0.29, 0.717) is 11.0 Å². The van der Waals surface area contributed by atoms with Crippen LogP contribution in [0.2, 0.25) is 0 Å². The number of unbranched alkanes of at least 4 members (excludes halogenated alkanes) is 1. The summed E-state index contributed by atoms with van der Waals surface area (Å²) in [5, 5.41) is 10.3. The number of carbonyl (C=O) groups excluding carboxylic acids is 1. The zero-order valence-corrected chi connectivity index (χ0v) is 21.5. The Hall–Kier alpha value is -2.54. The maximum Gasteiger partial charge on any atom is 0.459 e.